The molecule has 0 saturated carbocycles. The van der Waals surface area contributed by atoms with Gasteiger partial charge < -0.3 is 10.3 Å². The van der Waals surface area contributed by atoms with E-state index in [9.17, 15) is 8.42 Å². The minimum absolute atomic E-state index is 0.0798. The molecule has 3 N–H and O–H groups in total. The second-order valence-electron chi connectivity index (χ2n) is 4.25. The van der Waals surface area contributed by atoms with Crippen molar-refractivity contribution in [1.82, 2.24) is 19.3 Å². The molecule has 7 nitrogen and oxygen atoms in total. The Labute approximate surface area is 117 Å². The first-order valence-corrected chi connectivity index (χ1v) is 7.62. The molecule has 0 radical (unpaired) electrons. The first-order chi connectivity index (χ1) is 9.54. The number of imidazole rings is 1. The topological polar surface area (TPSA) is 103 Å². The van der Waals surface area contributed by atoms with Crippen LogP contribution >= 0.6 is 0 Å². The molecule has 0 aromatic carbocycles. The van der Waals surface area contributed by atoms with Crippen molar-refractivity contribution < 1.29 is 8.42 Å². The Hall–Kier alpha value is -1.77. The number of nitrogens with zero attached hydrogens (tertiary/aromatic N) is 3. The molecule has 0 aliphatic heterocycles. The Bertz CT molecular complexity index is 681. The Morgan fingerprint density at radius 3 is 2.80 bits per heavy atom. The Balaban J connectivity index is 2.06. The lowest BCUT2D eigenvalue weighted by Crippen LogP contribution is -2.28. The first kappa shape index (κ1) is 14.6. The smallest absolute Gasteiger partial charge is 0.242 e. The minimum atomic E-state index is -3.60. The molecule has 20 heavy (non-hydrogen) atoms. The van der Waals surface area contributed by atoms with Crippen molar-refractivity contribution in [2.75, 3.05) is 6.54 Å². The van der Waals surface area contributed by atoms with Crippen molar-refractivity contribution in [2.24, 2.45) is 12.8 Å². The van der Waals surface area contributed by atoms with E-state index in [1.54, 1.807) is 12.3 Å². The lowest BCUT2D eigenvalue weighted by atomic mass is 10.3. The van der Waals surface area contributed by atoms with Gasteiger partial charge in [-0.05, 0) is 12.1 Å². The Kier molecular flexibility index (Phi) is 4.48. The molecule has 0 aliphatic rings. The summed E-state index contributed by atoms with van der Waals surface area (Å²) in [6.07, 6.45) is 5.53. The van der Waals surface area contributed by atoms with Gasteiger partial charge in [-0.1, -0.05) is 0 Å². The molecule has 0 unspecified atom stereocenters. The van der Waals surface area contributed by atoms with Gasteiger partial charge in [-0.25, -0.2) is 18.1 Å². The molecule has 2 heterocycles. The second kappa shape index (κ2) is 6.12. The summed E-state index contributed by atoms with van der Waals surface area (Å²) in [5, 5.41) is 0. The first-order valence-electron chi connectivity index (χ1n) is 6.14. The van der Waals surface area contributed by atoms with Gasteiger partial charge in [0, 0.05) is 45.1 Å². The van der Waals surface area contributed by atoms with E-state index in [1.165, 1.54) is 12.3 Å². The minimum Gasteiger partial charge on any atom is -0.338 e. The van der Waals surface area contributed by atoms with Crippen molar-refractivity contribution in [3.05, 3.63) is 42.2 Å². The third kappa shape index (κ3) is 3.21. The van der Waals surface area contributed by atoms with Crippen LogP contribution in [0.4, 0.5) is 0 Å². The van der Waals surface area contributed by atoms with Gasteiger partial charge in [0.05, 0.1) is 5.69 Å². The van der Waals surface area contributed by atoms with Gasteiger partial charge in [-0.2, -0.15) is 0 Å². The molecule has 8 heteroatoms. The summed E-state index contributed by atoms with van der Waals surface area (Å²) in [4.78, 5) is 8.24. The summed E-state index contributed by atoms with van der Waals surface area (Å²) >= 11 is 0. The Morgan fingerprint density at radius 1 is 1.35 bits per heavy atom. The Morgan fingerprint density at radius 2 is 2.15 bits per heavy atom. The monoisotopic (exact) mass is 295 g/mol. The maximum Gasteiger partial charge on any atom is 0.242 e. The van der Waals surface area contributed by atoms with E-state index in [-0.39, 0.29) is 18.0 Å². The lowest BCUT2D eigenvalue weighted by Gasteiger charge is -2.09. The average molecular weight is 295 g/mol. The highest BCUT2D eigenvalue weighted by Gasteiger charge is 2.18. The fourth-order valence-electron chi connectivity index (χ4n) is 1.83. The second-order valence-corrected chi connectivity index (χ2v) is 5.99. The lowest BCUT2D eigenvalue weighted by molar-refractivity contribution is 0.578. The SMILES string of the molecule is Cn1ccnc1CCNS(=O)(=O)c1cccnc1CN. The molecule has 0 bridgehead atoms. The molecule has 0 saturated heterocycles. The summed E-state index contributed by atoms with van der Waals surface area (Å²) < 4.78 is 28.8. The van der Waals surface area contributed by atoms with E-state index in [4.69, 9.17) is 5.73 Å². The van der Waals surface area contributed by atoms with E-state index < -0.39 is 10.0 Å². The van der Waals surface area contributed by atoms with Crippen LogP contribution in [0.5, 0.6) is 0 Å². The number of nitrogens with two attached hydrogens (primary N) is 1. The van der Waals surface area contributed by atoms with E-state index >= 15 is 0 Å². The van der Waals surface area contributed by atoms with Gasteiger partial charge in [-0.15, -0.1) is 0 Å². The highest BCUT2D eigenvalue weighted by molar-refractivity contribution is 7.89. The predicted octanol–water partition coefficient (Wildman–Crippen LogP) is -0.205. The van der Waals surface area contributed by atoms with Crippen LogP contribution in [0.1, 0.15) is 11.5 Å². The molecule has 2 rings (SSSR count). The fraction of sp³-hybridized carbons (Fsp3) is 0.333. The molecule has 108 valence electrons. The van der Waals surface area contributed by atoms with Crippen LogP contribution in [0.25, 0.3) is 0 Å². The third-order valence-electron chi connectivity index (χ3n) is 2.89. The van der Waals surface area contributed by atoms with Crippen LogP contribution in [0.3, 0.4) is 0 Å². The van der Waals surface area contributed by atoms with Gasteiger partial charge in [0.2, 0.25) is 10.0 Å². The third-order valence-corrected chi connectivity index (χ3v) is 4.43. The van der Waals surface area contributed by atoms with Gasteiger partial charge in [0.25, 0.3) is 0 Å². The highest BCUT2D eigenvalue weighted by atomic mass is 32.2. The summed E-state index contributed by atoms with van der Waals surface area (Å²) in [6, 6.07) is 3.07. The van der Waals surface area contributed by atoms with Crippen molar-refractivity contribution in [2.45, 2.75) is 17.9 Å². The number of hydrogen-bond acceptors (Lipinski definition) is 5. The molecule has 0 atom stereocenters. The number of sulfonamides is 1. The molecule has 0 spiro atoms. The standard InChI is InChI=1S/C12H17N5O2S/c1-17-8-7-15-12(17)4-6-16-20(18,19)11-3-2-5-14-10(11)9-13/h2-3,5,7-8,16H,4,6,9,13H2,1H3. The molecule has 2 aromatic rings. The number of nitrogens with one attached hydrogen (secondary N) is 1. The van der Waals surface area contributed by atoms with Crippen LogP contribution in [-0.4, -0.2) is 29.5 Å². The van der Waals surface area contributed by atoms with E-state index in [0.29, 0.717) is 12.1 Å². The number of rotatable bonds is 6. The molecular weight excluding hydrogens is 278 g/mol. The number of aromatic nitrogens is 3. The predicted molar refractivity (Wildman–Crippen MR) is 74.2 cm³/mol. The van der Waals surface area contributed by atoms with Gasteiger partial charge in [0.15, 0.2) is 0 Å². The maximum absolute atomic E-state index is 12.2. The largest absolute Gasteiger partial charge is 0.338 e. The molecule has 0 amide bonds. The van der Waals surface area contributed by atoms with Crippen molar-refractivity contribution in [1.29, 1.82) is 0 Å². The van der Waals surface area contributed by atoms with E-state index in [2.05, 4.69) is 14.7 Å². The van der Waals surface area contributed by atoms with Crippen LogP contribution in [0, 0.1) is 0 Å². The van der Waals surface area contributed by atoms with Crippen molar-refractivity contribution in [3.8, 4) is 0 Å². The molecular formula is C12H17N5O2S. The van der Waals surface area contributed by atoms with Gasteiger partial charge >= 0.3 is 0 Å². The zero-order valence-electron chi connectivity index (χ0n) is 11.2. The van der Waals surface area contributed by atoms with Gasteiger partial charge in [0.1, 0.15) is 10.7 Å². The summed E-state index contributed by atoms with van der Waals surface area (Å²) in [6.45, 7) is 0.350. The summed E-state index contributed by atoms with van der Waals surface area (Å²) in [5.74, 6) is 0.818. The zero-order valence-corrected chi connectivity index (χ0v) is 12.0. The number of pyridine rings is 1. The average Bonchev–Trinajstić information content (AvgIpc) is 2.84. The van der Waals surface area contributed by atoms with Gasteiger partial charge in [-0.3, -0.25) is 4.98 Å². The molecule has 0 fully saturated rings. The summed E-state index contributed by atoms with van der Waals surface area (Å²) in [5.41, 5.74) is 5.86. The highest BCUT2D eigenvalue weighted by Crippen LogP contribution is 2.12. The van der Waals surface area contributed by atoms with Crippen molar-refractivity contribution in [3.63, 3.8) is 0 Å². The fourth-order valence-corrected chi connectivity index (χ4v) is 3.06. The number of aryl methyl sites for hydroxylation is 1. The normalized spacial score (nSPS) is 11.7. The van der Waals surface area contributed by atoms with Crippen LogP contribution < -0.4 is 10.5 Å². The van der Waals surface area contributed by atoms with Crippen LogP contribution in [-0.2, 0) is 30.0 Å². The zero-order chi connectivity index (χ0) is 14.6. The van der Waals surface area contributed by atoms with Crippen molar-refractivity contribution >= 4 is 10.0 Å². The number of hydrogen-bond donors (Lipinski definition) is 2. The summed E-state index contributed by atoms with van der Waals surface area (Å²) in [7, 11) is -1.73. The van der Waals surface area contributed by atoms with E-state index in [0.717, 1.165) is 5.82 Å². The maximum atomic E-state index is 12.2. The molecule has 2 aromatic heterocycles. The molecule has 0 aliphatic carbocycles. The quantitative estimate of drug-likeness (QED) is 0.768. The van der Waals surface area contributed by atoms with E-state index in [1.807, 2.05) is 17.8 Å². The van der Waals surface area contributed by atoms with Crippen LogP contribution in [0.15, 0.2) is 35.6 Å². The van der Waals surface area contributed by atoms with Crippen LogP contribution in [0.2, 0.25) is 0 Å².